The first-order valence-corrected chi connectivity index (χ1v) is 4.92. The fourth-order valence-corrected chi connectivity index (χ4v) is 2.78. The quantitative estimate of drug-likeness (QED) is 0.493. The summed E-state index contributed by atoms with van der Waals surface area (Å²) >= 11 is 2.97. The van der Waals surface area contributed by atoms with E-state index in [-0.39, 0.29) is 0 Å². The lowest BCUT2D eigenvalue weighted by Crippen LogP contribution is -1.73. The molecule has 1 heterocycles. The van der Waals surface area contributed by atoms with Crippen LogP contribution in [0, 0.1) is 31.4 Å². The highest BCUT2D eigenvalue weighted by Crippen LogP contribution is 2.33. The number of hydrogen-bond donors (Lipinski definition) is 0. The third-order valence-corrected chi connectivity index (χ3v) is 3.97. The SMILES string of the molecule is Cc1sc(SC#N)c(C)c1C. The molecule has 1 aromatic rings. The minimum absolute atomic E-state index is 1.14. The summed E-state index contributed by atoms with van der Waals surface area (Å²) < 4.78 is 1.14. The Labute approximate surface area is 75.0 Å². The zero-order valence-electron chi connectivity index (χ0n) is 6.76. The van der Waals surface area contributed by atoms with Gasteiger partial charge in [-0.2, -0.15) is 5.26 Å². The molecular formula is C8H9NS2. The average Bonchev–Trinajstić information content (AvgIpc) is 2.19. The van der Waals surface area contributed by atoms with Crippen molar-refractivity contribution >= 4 is 23.1 Å². The molecule has 58 valence electrons. The minimum atomic E-state index is 1.14. The zero-order valence-corrected chi connectivity index (χ0v) is 8.40. The van der Waals surface area contributed by atoms with Crippen LogP contribution in [0.25, 0.3) is 0 Å². The number of nitriles is 1. The first kappa shape index (κ1) is 8.63. The van der Waals surface area contributed by atoms with Crippen molar-refractivity contribution in [3.63, 3.8) is 0 Å². The number of rotatable bonds is 1. The van der Waals surface area contributed by atoms with Gasteiger partial charge in [0.25, 0.3) is 0 Å². The highest BCUT2D eigenvalue weighted by Gasteiger charge is 2.07. The van der Waals surface area contributed by atoms with Gasteiger partial charge in [0.15, 0.2) is 0 Å². The molecule has 0 radical (unpaired) electrons. The van der Waals surface area contributed by atoms with E-state index in [2.05, 4.69) is 26.2 Å². The second-order valence-electron chi connectivity index (χ2n) is 2.39. The van der Waals surface area contributed by atoms with Crippen LogP contribution in [-0.2, 0) is 0 Å². The Morgan fingerprint density at radius 1 is 1.27 bits per heavy atom. The molecular weight excluding hydrogens is 174 g/mol. The summed E-state index contributed by atoms with van der Waals surface area (Å²) in [5.41, 5.74) is 2.59. The number of thiocyanates is 1. The lowest BCUT2D eigenvalue weighted by Gasteiger charge is -1.90. The Hall–Kier alpha value is -0.460. The van der Waals surface area contributed by atoms with E-state index < -0.39 is 0 Å². The normalized spacial score (nSPS) is 9.64. The van der Waals surface area contributed by atoms with Crippen molar-refractivity contribution in [3.05, 3.63) is 16.0 Å². The number of aryl methyl sites for hydroxylation is 1. The van der Waals surface area contributed by atoms with E-state index in [0.717, 1.165) is 4.21 Å². The summed E-state index contributed by atoms with van der Waals surface area (Å²) in [5.74, 6) is 0. The van der Waals surface area contributed by atoms with E-state index in [1.165, 1.54) is 27.8 Å². The van der Waals surface area contributed by atoms with Crippen molar-refractivity contribution in [2.75, 3.05) is 0 Å². The van der Waals surface area contributed by atoms with Crippen LogP contribution in [0.3, 0.4) is 0 Å². The number of nitrogens with zero attached hydrogens (tertiary/aromatic N) is 1. The molecule has 0 aliphatic heterocycles. The molecule has 0 atom stereocenters. The molecule has 11 heavy (non-hydrogen) atoms. The molecule has 0 unspecified atom stereocenters. The van der Waals surface area contributed by atoms with E-state index in [1.54, 1.807) is 11.3 Å². The molecule has 1 aromatic heterocycles. The van der Waals surface area contributed by atoms with E-state index in [0.29, 0.717) is 0 Å². The second-order valence-corrected chi connectivity index (χ2v) is 4.67. The standard InChI is InChI=1S/C8H9NS2/c1-5-6(2)8(10-4-9)11-7(5)3/h1-3H3. The van der Waals surface area contributed by atoms with Crippen molar-refractivity contribution in [1.82, 2.24) is 0 Å². The van der Waals surface area contributed by atoms with Crippen LogP contribution in [0.1, 0.15) is 16.0 Å². The topological polar surface area (TPSA) is 23.8 Å². The molecule has 0 aliphatic carbocycles. The molecule has 0 fully saturated rings. The van der Waals surface area contributed by atoms with E-state index in [4.69, 9.17) is 5.26 Å². The highest BCUT2D eigenvalue weighted by molar-refractivity contribution is 8.05. The van der Waals surface area contributed by atoms with Gasteiger partial charge in [-0.05, 0) is 31.9 Å². The van der Waals surface area contributed by atoms with Crippen LogP contribution in [-0.4, -0.2) is 0 Å². The minimum Gasteiger partial charge on any atom is -0.185 e. The smallest absolute Gasteiger partial charge is 0.139 e. The van der Waals surface area contributed by atoms with Crippen molar-refractivity contribution in [2.24, 2.45) is 0 Å². The first-order chi connectivity index (χ1) is 5.16. The van der Waals surface area contributed by atoms with Gasteiger partial charge in [0.1, 0.15) is 5.40 Å². The maximum Gasteiger partial charge on any atom is 0.139 e. The first-order valence-electron chi connectivity index (χ1n) is 3.29. The Bertz CT molecular complexity index is 307. The molecule has 0 saturated carbocycles. The summed E-state index contributed by atoms with van der Waals surface area (Å²) in [6.07, 6.45) is 0. The van der Waals surface area contributed by atoms with Crippen molar-refractivity contribution < 1.29 is 0 Å². The van der Waals surface area contributed by atoms with Gasteiger partial charge >= 0.3 is 0 Å². The van der Waals surface area contributed by atoms with Gasteiger partial charge < -0.3 is 0 Å². The number of hydrogen-bond acceptors (Lipinski definition) is 3. The molecule has 0 saturated heterocycles. The van der Waals surface area contributed by atoms with Crippen LogP contribution >= 0.6 is 23.1 Å². The maximum absolute atomic E-state index is 8.46. The molecule has 0 N–H and O–H groups in total. The molecule has 0 spiro atoms. The zero-order chi connectivity index (χ0) is 8.43. The predicted octanol–water partition coefficient (Wildman–Crippen LogP) is 3.25. The van der Waals surface area contributed by atoms with Gasteiger partial charge in [0.05, 0.1) is 4.21 Å². The van der Waals surface area contributed by atoms with Crippen molar-refractivity contribution in [2.45, 2.75) is 25.0 Å². The summed E-state index contributed by atoms with van der Waals surface area (Å²) in [4.78, 5) is 1.32. The molecule has 0 aliphatic rings. The van der Waals surface area contributed by atoms with Gasteiger partial charge in [-0.15, -0.1) is 11.3 Å². The summed E-state index contributed by atoms with van der Waals surface area (Å²) in [6.45, 7) is 6.26. The Balaban J connectivity index is 3.10. The predicted molar refractivity (Wildman–Crippen MR) is 50.0 cm³/mol. The third-order valence-electron chi connectivity index (χ3n) is 1.78. The number of thioether (sulfide) groups is 1. The lowest BCUT2D eigenvalue weighted by atomic mass is 10.2. The van der Waals surface area contributed by atoms with Gasteiger partial charge in [0, 0.05) is 16.6 Å². The van der Waals surface area contributed by atoms with Crippen LogP contribution in [0.4, 0.5) is 0 Å². The molecule has 1 rings (SSSR count). The Morgan fingerprint density at radius 2 is 1.91 bits per heavy atom. The van der Waals surface area contributed by atoms with Gasteiger partial charge in [-0.3, -0.25) is 0 Å². The van der Waals surface area contributed by atoms with Crippen LogP contribution in [0.5, 0.6) is 0 Å². The molecule has 0 bridgehead atoms. The summed E-state index contributed by atoms with van der Waals surface area (Å²) in [7, 11) is 0. The molecule has 3 heteroatoms. The summed E-state index contributed by atoms with van der Waals surface area (Å²) in [6, 6.07) is 0. The summed E-state index contributed by atoms with van der Waals surface area (Å²) in [5, 5.41) is 10.6. The molecule has 0 amide bonds. The van der Waals surface area contributed by atoms with Crippen LogP contribution < -0.4 is 0 Å². The molecule has 1 nitrogen and oxygen atoms in total. The number of thiophene rings is 1. The van der Waals surface area contributed by atoms with Crippen molar-refractivity contribution in [3.8, 4) is 5.40 Å². The fourth-order valence-electron chi connectivity index (χ4n) is 0.848. The second kappa shape index (κ2) is 3.29. The van der Waals surface area contributed by atoms with E-state index in [9.17, 15) is 0 Å². The van der Waals surface area contributed by atoms with E-state index >= 15 is 0 Å². The Kier molecular flexibility index (Phi) is 2.58. The lowest BCUT2D eigenvalue weighted by molar-refractivity contribution is 1.30. The van der Waals surface area contributed by atoms with Crippen LogP contribution in [0.2, 0.25) is 0 Å². The van der Waals surface area contributed by atoms with Crippen molar-refractivity contribution in [1.29, 1.82) is 5.26 Å². The maximum atomic E-state index is 8.46. The van der Waals surface area contributed by atoms with Gasteiger partial charge in [0.2, 0.25) is 0 Å². The Morgan fingerprint density at radius 3 is 2.27 bits per heavy atom. The monoisotopic (exact) mass is 183 g/mol. The fraction of sp³-hybridized carbons (Fsp3) is 0.375. The van der Waals surface area contributed by atoms with E-state index in [1.807, 2.05) is 0 Å². The average molecular weight is 183 g/mol. The highest BCUT2D eigenvalue weighted by atomic mass is 32.2. The third kappa shape index (κ3) is 1.58. The van der Waals surface area contributed by atoms with Gasteiger partial charge in [-0.1, -0.05) is 0 Å². The largest absolute Gasteiger partial charge is 0.185 e. The van der Waals surface area contributed by atoms with Crippen LogP contribution in [0.15, 0.2) is 4.21 Å². The van der Waals surface area contributed by atoms with Gasteiger partial charge in [-0.25, -0.2) is 0 Å². The molecule has 0 aromatic carbocycles.